The van der Waals surface area contributed by atoms with E-state index in [0.29, 0.717) is 6.04 Å². The Kier molecular flexibility index (Phi) is 1.84. The Labute approximate surface area is 88.9 Å². The van der Waals surface area contributed by atoms with Crippen molar-refractivity contribution in [1.82, 2.24) is 0 Å². The lowest BCUT2D eigenvalue weighted by atomic mass is 10.1. The number of fused-ring (bicyclic) bond motifs is 3. The van der Waals surface area contributed by atoms with Crippen LogP contribution >= 0.6 is 11.6 Å². The van der Waals surface area contributed by atoms with Gasteiger partial charge in [-0.2, -0.15) is 0 Å². The van der Waals surface area contributed by atoms with Gasteiger partial charge >= 0.3 is 0 Å². The van der Waals surface area contributed by atoms with Gasteiger partial charge in [0.1, 0.15) is 0 Å². The first-order chi connectivity index (χ1) is 6.84. The van der Waals surface area contributed by atoms with Crippen molar-refractivity contribution in [1.29, 1.82) is 0 Å². The molecule has 2 aliphatic rings. The Hall–Kier alpha value is -0.890. The zero-order chi connectivity index (χ0) is 9.54. The molecule has 1 atom stereocenters. The second kappa shape index (κ2) is 3.06. The molecule has 1 saturated heterocycles. The zero-order valence-corrected chi connectivity index (χ0v) is 8.72. The number of halogens is 1. The molecule has 0 unspecified atom stereocenters. The van der Waals surface area contributed by atoms with Crippen LogP contribution in [0.25, 0.3) is 0 Å². The van der Waals surface area contributed by atoms with E-state index in [0.717, 1.165) is 11.6 Å². The molecular weight excluding hydrogens is 196 g/mol. The lowest BCUT2D eigenvalue weighted by Gasteiger charge is -2.34. The third-order valence-electron chi connectivity index (χ3n) is 3.17. The van der Waals surface area contributed by atoms with Crippen molar-refractivity contribution in [3.05, 3.63) is 23.2 Å². The molecule has 2 nitrogen and oxygen atoms in total. The molecule has 1 fully saturated rings. The lowest BCUT2D eigenvalue weighted by molar-refractivity contribution is 0.683. The maximum absolute atomic E-state index is 6.01. The molecule has 1 aromatic rings. The number of hydrogen-bond acceptors (Lipinski definition) is 2. The van der Waals surface area contributed by atoms with Crippen molar-refractivity contribution in [2.24, 2.45) is 0 Å². The first kappa shape index (κ1) is 8.42. The summed E-state index contributed by atoms with van der Waals surface area (Å²) in [5, 5.41) is 4.29. The van der Waals surface area contributed by atoms with Crippen molar-refractivity contribution in [2.75, 3.05) is 23.3 Å². The Morgan fingerprint density at radius 3 is 3.29 bits per heavy atom. The van der Waals surface area contributed by atoms with E-state index in [1.807, 2.05) is 6.07 Å². The van der Waals surface area contributed by atoms with Crippen LogP contribution in [0.3, 0.4) is 0 Å². The predicted molar refractivity (Wildman–Crippen MR) is 60.3 cm³/mol. The Bertz CT molecular complexity index is 364. The summed E-state index contributed by atoms with van der Waals surface area (Å²) in [5.41, 5.74) is 2.51. The number of benzene rings is 1. The van der Waals surface area contributed by atoms with Crippen molar-refractivity contribution in [3.63, 3.8) is 0 Å². The molecule has 74 valence electrons. The van der Waals surface area contributed by atoms with E-state index < -0.39 is 0 Å². The van der Waals surface area contributed by atoms with E-state index >= 15 is 0 Å². The standard InChI is InChI=1S/C11H13ClN2/c12-8-3-4-10-11(6-8)14-5-1-2-9(14)7-13-10/h3-4,6,9,13H,1-2,5,7H2/t9-/m0/s1. The molecular formula is C11H13ClN2. The van der Waals surface area contributed by atoms with E-state index in [4.69, 9.17) is 11.6 Å². The Morgan fingerprint density at radius 1 is 1.43 bits per heavy atom. The molecule has 0 amide bonds. The summed E-state index contributed by atoms with van der Waals surface area (Å²) in [4.78, 5) is 2.48. The molecule has 0 bridgehead atoms. The minimum Gasteiger partial charge on any atom is -0.381 e. The van der Waals surface area contributed by atoms with Crippen LogP contribution in [0.15, 0.2) is 18.2 Å². The molecule has 0 aliphatic carbocycles. The minimum absolute atomic E-state index is 0.681. The smallest absolute Gasteiger partial charge is 0.0620 e. The highest BCUT2D eigenvalue weighted by molar-refractivity contribution is 6.31. The van der Waals surface area contributed by atoms with Gasteiger partial charge in [0.15, 0.2) is 0 Å². The maximum Gasteiger partial charge on any atom is 0.0620 e. The summed E-state index contributed by atoms with van der Waals surface area (Å²) in [6, 6.07) is 6.78. The molecule has 1 aromatic carbocycles. The van der Waals surface area contributed by atoms with Crippen LogP contribution in [0.4, 0.5) is 11.4 Å². The third-order valence-corrected chi connectivity index (χ3v) is 3.41. The summed E-state index contributed by atoms with van der Waals surface area (Å²) in [6.45, 7) is 2.26. The second-order valence-corrected chi connectivity index (χ2v) is 4.47. The fourth-order valence-corrected chi connectivity index (χ4v) is 2.65. The first-order valence-electron chi connectivity index (χ1n) is 5.15. The lowest BCUT2D eigenvalue weighted by Crippen LogP contribution is -2.39. The normalized spacial score (nSPS) is 24.1. The van der Waals surface area contributed by atoms with Crippen molar-refractivity contribution >= 4 is 23.0 Å². The van der Waals surface area contributed by atoms with Crippen LogP contribution in [-0.2, 0) is 0 Å². The van der Waals surface area contributed by atoms with Crippen LogP contribution in [0, 0.1) is 0 Å². The number of nitrogens with one attached hydrogen (secondary N) is 1. The molecule has 14 heavy (non-hydrogen) atoms. The van der Waals surface area contributed by atoms with E-state index in [1.54, 1.807) is 0 Å². The van der Waals surface area contributed by atoms with Crippen LogP contribution < -0.4 is 10.2 Å². The highest BCUT2D eigenvalue weighted by Gasteiger charge is 2.29. The number of anilines is 2. The largest absolute Gasteiger partial charge is 0.381 e. The van der Waals surface area contributed by atoms with Gasteiger partial charge in [0.2, 0.25) is 0 Å². The summed E-state index contributed by atoms with van der Waals surface area (Å²) >= 11 is 6.01. The number of hydrogen-bond donors (Lipinski definition) is 1. The highest BCUT2D eigenvalue weighted by Crippen LogP contribution is 2.37. The first-order valence-corrected chi connectivity index (χ1v) is 5.52. The molecule has 0 saturated carbocycles. The topological polar surface area (TPSA) is 15.3 Å². The minimum atomic E-state index is 0.681. The van der Waals surface area contributed by atoms with Gasteiger partial charge in [0.05, 0.1) is 11.4 Å². The molecule has 1 N–H and O–H groups in total. The van der Waals surface area contributed by atoms with Gasteiger partial charge in [-0.15, -0.1) is 0 Å². The Morgan fingerprint density at radius 2 is 2.36 bits per heavy atom. The maximum atomic E-state index is 6.01. The average molecular weight is 209 g/mol. The van der Waals surface area contributed by atoms with Gasteiger partial charge in [-0.25, -0.2) is 0 Å². The van der Waals surface area contributed by atoms with Gasteiger partial charge in [0.25, 0.3) is 0 Å². The SMILES string of the molecule is Clc1ccc2c(c1)N1CCC[C@H]1CN2. The van der Waals surface area contributed by atoms with Gasteiger partial charge in [0, 0.05) is 24.2 Å². The quantitative estimate of drug-likeness (QED) is 0.706. The third kappa shape index (κ3) is 1.17. The molecule has 2 heterocycles. The molecule has 3 heteroatoms. The van der Waals surface area contributed by atoms with Gasteiger partial charge in [-0.3, -0.25) is 0 Å². The van der Waals surface area contributed by atoms with Gasteiger partial charge < -0.3 is 10.2 Å². The van der Waals surface area contributed by atoms with Crippen LogP contribution in [0.1, 0.15) is 12.8 Å². The van der Waals surface area contributed by atoms with Gasteiger partial charge in [-0.05, 0) is 31.0 Å². The van der Waals surface area contributed by atoms with Crippen LogP contribution in [0.5, 0.6) is 0 Å². The average Bonchev–Trinajstić information content (AvgIpc) is 2.65. The summed E-state index contributed by atoms with van der Waals surface area (Å²) < 4.78 is 0. The fraction of sp³-hybridized carbons (Fsp3) is 0.455. The second-order valence-electron chi connectivity index (χ2n) is 4.03. The van der Waals surface area contributed by atoms with Crippen molar-refractivity contribution in [2.45, 2.75) is 18.9 Å². The summed E-state index contributed by atoms with van der Waals surface area (Å²) in [5.74, 6) is 0. The number of rotatable bonds is 0. The van der Waals surface area contributed by atoms with Crippen molar-refractivity contribution in [3.8, 4) is 0 Å². The highest BCUT2D eigenvalue weighted by atomic mass is 35.5. The molecule has 0 aromatic heterocycles. The van der Waals surface area contributed by atoms with E-state index in [-0.39, 0.29) is 0 Å². The predicted octanol–water partition coefficient (Wildman–Crippen LogP) is 2.73. The summed E-state index contributed by atoms with van der Waals surface area (Å²) in [7, 11) is 0. The van der Waals surface area contributed by atoms with Crippen LogP contribution in [0.2, 0.25) is 5.02 Å². The zero-order valence-electron chi connectivity index (χ0n) is 7.96. The monoisotopic (exact) mass is 208 g/mol. The van der Waals surface area contributed by atoms with E-state index in [2.05, 4.69) is 22.3 Å². The number of nitrogens with zero attached hydrogens (tertiary/aromatic N) is 1. The molecule has 3 rings (SSSR count). The molecule has 0 spiro atoms. The fourth-order valence-electron chi connectivity index (χ4n) is 2.48. The van der Waals surface area contributed by atoms with E-state index in [9.17, 15) is 0 Å². The molecule has 0 radical (unpaired) electrons. The van der Waals surface area contributed by atoms with E-state index in [1.165, 1.54) is 30.8 Å². The van der Waals surface area contributed by atoms with Gasteiger partial charge in [-0.1, -0.05) is 11.6 Å². The van der Waals surface area contributed by atoms with Crippen LogP contribution in [-0.4, -0.2) is 19.1 Å². The van der Waals surface area contributed by atoms with Crippen molar-refractivity contribution < 1.29 is 0 Å². The molecule has 2 aliphatic heterocycles. The summed E-state index contributed by atoms with van der Waals surface area (Å²) in [6.07, 6.45) is 2.61. The Balaban J connectivity index is 2.07.